The van der Waals surface area contributed by atoms with E-state index in [1.165, 1.54) is 7.11 Å². The molecule has 0 aliphatic carbocycles. The van der Waals surface area contributed by atoms with Crippen LogP contribution in [0.25, 0.3) is 11.2 Å². The van der Waals surface area contributed by atoms with Crippen LogP contribution in [0.2, 0.25) is 0 Å². The fourth-order valence-corrected chi connectivity index (χ4v) is 3.66. The van der Waals surface area contributed by atoms with E-state index in [-0.39, 0.29) is 18.2 Å². The standard InChI is InChI=1S/C21H25N7O2/c1-3-4-11-27-17-18(26-12-9-23-10-13-26)24-20(30-2)25-19(17)28(21(27)29)14-15-7-5-6-8-16(15)22/h5-8,23H,9-14,22H2,1-2H3. The molecule has 3 N–H and O–H groups in total. The lowest BCUT2D eigenvalue weighted by Crippen LogP contribution is -2.44. The summed E-state index contributed by atoms with van der Waals surface area (Å²) in [6.45, 7) is 5.56. The van der Waals surface area contributed by atoms with Crippen LogP contribution >= 0.6 is 0 Å². The molecule has 0 radical (unpaired) electrons. The summed E-state index contributed by atoms with van der Waals surface area (Å²) in [6.07, 6.45) is 0. The number of imidazole rings is 1. The Morgan fingerprint density at radius 3 is 2.67 bits per heavy atom. The number of ether oxygens (including phenoxy) is 1. The normalized spacial score (nSPS) is 13.9. The molecule has 0 saturated carbocycles. The van der Waals surface area contributed by atoms with E-state index in [4.69, 9.17) is 10.5 Å². The average molecular weight is 407 g/mol. The van der Waals surface area contributed by atoms with Gasteiger partial charge in [-0.05, 0) is 18.6 Å². The summed E-state index contributed by atoms with van der Waals surface area (Å²) in [4.78, 5) is 24.7. The maximum Gasteiger partial charge on any atom is 0.331 e. The Kier molecular flexibility index (Phi) is 5.59. The highest BCUT2D eigenvalue weighted by Gasteiger charge is 2.25. The number of hydrogen-bond donors (Lipinski definition) is 2. The molecule has 4 rings (SSSR count). The molecule has 0 amide bonds. The van der Waals surface area contributed by atoms with Crippen molar-refractivity contribution in [2.45, 2.75) is 20.0 Å². The number of nitrogen functional groups attached to an aromatic ring is 1. The Labute approximate surface area is 174 Å². The fraction of sp³-hybridized carbons (Fsp3) is 0.381. The van der Waals surface area contributed by atoms with Gasteiger partial charge in [0.1, 0.15) is 5.52 Å². The maximum atomic E-state index is 13.4. The summed E-state index contributed by atoms with van der Waals surface area (Å²) in [5.74, 6) is 6.56. The van der Waals surface area contributed by atoms with Gasteiger partial charge in [-0.3, -0.25) is 9.13 Å². The quantitative estimate of drug-likeness (QED) is 0.473. The van der Waals surface area contributed by atoms with Gasteiger partial charge in [0.15, 0.2) is 11.5 Å². The molecule has 0 unspecified atom stereocenters. The molecule has 0 bridgehead atoms. The molecular formula is C21H25N7O2. The molecule has 1 saturated heterocycles. The van der Waals surface area contributed by atoms with Gasteiger partial charge in [-0.2, -0.15) is 9.97 Å². The summed E-state index contributed by atoms with van der Waals surface area (Å²) >= 11 is 0. The van der Waals surface area contributed by atoms with Crippen LogP contribution < -0.4 is 26.4 Å². The first-order valence-electron chi connectivity index (χ1n) is 9.87. The number of hydrogen-bond acceptors (Lipinski definition) is 7. The van der Waals surface area contributed by atoms with E-state index in [0.29, 0.717) is 29.2 Å². The third-order valence-electron chi connectivity index (χ3n) is 5.21. The first-order valence-corrected chi connectivity index (χ1v) is 9.87. The van der Waals surface area contributed by atoms with Gasteiger partial charge in [0.05, 0.1) is 20.2 Å². The summed E-state index contributed by atoms with van der Waals surface area (Å²) < 4.78 is 8.63. The number of rotatable bonds is 5. The first-order chi connectivity index (χ1) is 14.6. The SMILES string of the molecule is CC#CCn1c(=O)n(Cc2ccccc2N)c2nc(OC)nc(N3CCNCC3)c21. The molecular weight excluding hydrogens is 382 g/mol. The molecule has 3 heterocycles. The number of nitrogens with zero attached hydrogens (tertiary/aromatic N) is 5. The lowest BCUT2D eigenvalue weighted by atomic mass is 10.2. The second kappa shape index (κ2) is 8.47. The molecule has 1 aromatic carbocycles. The second-order valence-electron chi connectivity index (χ2n) is 7.02. The van der Waals surface area contributed by atoms with Gasteiger partial charge in [-0.15, -0.1) is 5.92 Å². The molecule has 156 valence electrons. The maximum absolute atomic E-state index is 13.4. The van der Waals surface area contributed by atoms with Crippen LogP contribution in [-0.4, -0.2) is 52.4 Å². The largest absolute Gasteiger partial charge is 0.467 e. The van der Waals surface area contributed by atoms with Crippen LogP contribution in [0.3, 0.4) is 0 Å². The Hall–Kier alpha value is -3.51. The zero-order chi connectivity index (χ0) is 21.1. The highest BCUT2D eigenvalue weighted by atomic mass is 16.5. The minimum absolute atomic E-state index is 0.199. The number of nitrogens with two attached hydrogens (primary N) is 1. The Morgan fingerprint density at radius 1 is 1.20 bits per heavy atom. The van der Waals surface area contributed by atoms with Crippen molar-refractivity contribution in [2.75, 3.05) is 43.9 Å². The van der Waals surface area contributed by atoms with Crippen LogP contribution in [0.4, 0.5) is 11.5 Å². The van der Waals surface area contributed by atoms with E-state index < -0.39 is 0 Å². The molecule has 0 atom stereocenters. The van der Waals surface area contributed by atoms with Gasteiger partial charge in [-0.25, -0.2) is 4.79 Å². The van der Waals surface area contributed by atoms with Gasteiger partial charge in [0.25, 0.3) is 0 Å². The average Bonchev–Trinajstić information content (AvgIpc) is 3.04. The minimum atomic E-state index is -0.199. The Morgan fingerprint density at radius 2 is 1.97 bits per heavy atom. The van der Waals surface area contributed by atoms with Gasteiger partial charge < -0.3 is 20.7 Å². The van der Waals surface area contributed by atoms with Gasteiger partial charge in [-0.1, -0.05) is 24.1 Å². The van der Waals surface area contributed by atoms with Crippen molar-refractivity contribution in [2.24, 2.45) is 0 Å². The van der Waals surface area contributed by atoms with Crippen molar-refractivity contribution in [3.8, 4) is 17.9 Å². The van der Waals surface area contributed by atoms with E-state index in [0.717, 1.165) is 31.7 Å². The molecule has 9 heteroatoms. The van der Waals surface area contributed by atoms with Crippen LogP contribution in [-0.2, 0) is 13.1 Å². The molecule has 9 nitrogen and oxygen atoms in total. The third-order valence-corrected chi connectivity index (χ3v) is 5.21. The molecule has 1 fully saturated rings. The van der Waals surface area contributed by atoms with Gasteiger partial charge >= 0.3 is 11.7 Å². The molecule has 30 heavy (non-hydrogen) atoms. The number of anilines is 2. The van der Waals surface area contributed by atoms with Crippen molar-refractivity contribution in [1.82, 2.24) is 24.4 Å². The minimum Gasteiger partial charge on any atom is -0.467 e. The predicted octanol–water partition coefficient (Wildman–Crippen LogP) is 0.665. The number of nitrogens with one attached hydrogen (secondary N) is 1. The number of benzene rings is 1. The highest BCUT2D eigenvalue weighted by molar-refractivity contribution is 5.85. The smallest absolute Gasteiger partial charge is 0.331 e. The number of fused-ring (bicyclic) bond motifs is 1. The Bertz CT molecular complexity index is 1180. The Balaban J connectivity index is 1.97. The first kappa shape index (κ1) is 19.8. The summed E-state index contributed by atoms with van der Waals surface area (Å²) in [6, 6.07) is 7.73. The second-order valence-corrected chi connectivity index (χ2v) is 7.02. The molecule has 3 aromatic rings. The third kappa shape index (κ3) is 3.57. The molecule has 1 aliphatic rings. The highest BCUT2D eigenvalue weighted by Crippen LogP contribution is 2.27. The van der Waals surface area contributed by atoms with Crippen LogP contribution in [0, 0.1) is 11.8 Å². The van der Waals surface area contributed by atoms with Crippen molar-refractivity contribution in [1.29, 1.82) is 0 Å². The van der Waals surface area contributed by atoms with Gasteiger partial charge in [0, 0.05) is 31.9 Å². The van der Waals surface area contributed by atoms with Gasteiger partial charge in [0.2, 0.25) is 0 Å². The molecule has 2 aromatic heterocycles. The number of aromatic nitrogens is 4. The topological polar surface area (TPSA) is 103 Å². The monoisotopic (exact) mass is 407 g/mol. The van der Waals surface area contributed by atoms with E-state index in [1.54, 1.807) is 16.1 Å². The number of piperazine rings is 1. The van der Waals surface area contributed by atoms with Crippen molar-refractivity contribution >= 4 is 22.7 Å². The van der Waals surface area contributed by atoms with E-state index in [1.807, 2.05) is 24.3 Å². The fourth-order valence-electron chi connectivity index (χ4n) is 3.66. The van der Waals surface area contributed by atoms with Crippen LogP contribution in [0.1, 0.15) is 12.5 Å². The number of methoxy groups -OCH3 is 1. The van der Waals surface area contributed by atoms with E-state index in [2.05, 4.69) is 32.0 Å². The molecule has 1 aliphatic heterocycles. The van der Waals surface area contributed by atoms with Crippen molar-refractivity contribution in [3.63, 3.8) is 0 Å². The lowest BCUT2D eigenvalue weighted by molar-refractivity contribution is 0.380. The summed E-state index contributed by atoms with van der Waals surface area (Å²) in [7, 11) is 1.53. The zero-order valence-corrected chi connectivity index (χ0v) is 17.2. The lowest BCUT2D eigenvalue weighted by Gasteiger charge is -2.29. The van der Waals surface area contributed by atoms with Crippen molar-refractivity contribution < 1.29 is 4.74 Å². The van der Waals surface area contributed by atoms with Crippen LogP contribution in [0.5, 0.6) is 6.01 Å². The van der Waals surface area contributed by atoms with Crippen molar-refractivity contribution in [3.05, 3.63) is 40.3 Å². The summed E-state index contributed by atoms with van der Waals surface area (Å²) in [5.41, 5.74) is 8.59. The van der Waals surface area contributed by atoms with Crippen LogP contribution in [0.15, 0.2) is 29.1 Å². The zero-order valence-electron chi connectivity index (χ0n) is 17.2. The van der Waals surface area contributed by atoms with E-state index in [9.17, 15) is 4.79 Å². The molecule has 0 spiro atoms. The number of para-hydroxylation sites is 1. The summed E-state index contributed by atoms with van der Waals surface area (Å²) in [5, 5.41) is 3.34. The predicted molar refractivity (Wildman–Crippen MR) is 117 cm³/mol. The van der Waals surface area contributed by atoms with E-state index >= 15 is 0 Å².